The fourth-order valence-corrected chi connectivity index (χ4v) is 3.63. The average Bonchev–Trinajstić information content (AvgIpc) is 2.42. The Kier molecular flexibility index (Phi) is 9.14. The number of rotatable bonds is 12. The summed E-state index contributed by atoms with van der Waals surface area (Å²) >= 11 is 5.69. The maximum Gasteiger partial charge on any atom is 0.152 e. The second-order valence-corrected chi connectivity index (χ2v) is 6.93. The average molecular weight is 322 g/mol. The van der Waals surface area contributed by atoms with Crippen LogP contribution in [-0.2, 0) is 0 Å². The van der Waals surface area contributed by atoms with E-state index in [4.69, 9.17) is 11.6 Å². The third-order valence-corrected chi connectivity index (χ3v) is 4.79. The molecule has 1 rings (SSSR count). The van der Waals surface area contributed by atoms with Crippen LogP contribution in [0, 0.1) is 0 Å². The lowest BCUT2D eigenvalue weighted by Gasteiger charge is -2.48. The molecule has 2 N–H and O–H groups in total. The minimum atomic E-state index is -0.415. The summed E-state index contributed by atoms with van der Waals surface area (Å²) in [7, 11) is 0. The van der Waals surface area contributed by atoms with E-state index >= 15 is 0 Å². The maximum atomic E-state index is 9.68. The van der Waals surface area contributed by atoms with Gasteiger partial charge in [-0.2, -0.15) is 0 Å². The van der Waals surface area contributed by atoms with Crippen LogP contribution in [0.25, 0.3) is 0 Å². The molecule has 1 fully saturated rings. The third-order valence-electron chi connectivity index (χ3n) is 4.44. The lowest BCUT2D eigenvalue weighted by molar-refractivity contribution is -0.972. The molecule has 0 amide bonds. The van der Waals surface area contributed by atoms with E-state index in [2.05, 4.69) is 18.7 Å². The van der Waals surface area contributed by atoms with Gasteiger partial charge in [0, 0.05) is 12.4 Å². The van der Waals surface area contributed by atoms with Crippen molar-refractivity contribution in [3.8, 4) is 0 Å². The summed E-state index contributed by atoms with van der Waals surface area (Å²) in [5.74, 6) is 0.314. The Morgan fingerprint density at radius 3 is 2.38 bits per heavy atom. The molecule has 21 heavy (non-hydrogen) atoms. The highest BCUT2D eigenvalue weighted by Crippen LogP contribution is 2.22. The van der Waals surface area contributed by atoms with E-state index in [0.29, 0.717) is 12.4 Å². The van der Waals surface area contributed by atoms with E-state index < -0.39 is 6.10 Å². The van der Waals surface area contributed by atoms with Crippen LogP contribution in [-0.4, -0.2) is 83.5 Å². The third kappa shape index (κ3) is 6.83. The van der Waals surface area contributed by atoms with Crippen LogP contribution in [0.1, 0.15) is 39.5 Å². The van der Waals surface area contributed by atoms with Crippen LogP contribution >= 0.6 is 11.6 Å². The number of aliphatic hydroxyl groups excluding tert-OH is 2. The van der Waals surface area contributed by atoms with E-state index in [1.54, 1.807) is 0 Å². The molecule has 0 aromatic carbocycles. The Balaban J connectivity index is 2.23. The second-order valence-electron chi connectivity index (χ2n) is 6.62. The van der Waals surface area contributed by atoms with Gasteiger partial charge in [0.25, 0.3) is 0 Å². The van der Waals surface area contributed by atoms with Crippen LogP contribution in [0.2, 0.25) is 0 Å². The Morgan fingerprint density at radius 1 is 1.14 bits per heavy atom. The minimum absolute atomic E-state index is 0.0768. The second kappa shape index (κ2) is 10.0. The monoisotopic (exact) mass is 321 g/mol. The summed E-state index contributed by atoms with van der Waals surface area (Å²) < 4.78 is 1.11. The van der Waals surface area contributed by atoms with Gasteiger partial charge in [-0.1, -0.05) is 13.8 Å². The zero-order chi connectivity index (χ0) is 15.7. The van der Waals surface area contributed by atoms with Crippen LogP contribution in [0.3, 0.4) is 0 Å². The van der Waals surface area contributed by atoms with Crippen LogP contribution in [0.15, 0.2) is 0 Å². The molecule has 0 spiro atoms. The predicted molar refractivity (Wildman–Crippen MR) is 88.7 cm³/mol. The molecule has 1 unspecified atom stereocenters. The van der Waals surface area contributed by atoms with E-state index in [1.807, 2.05) is 0 Å². The fourth-order valence-electron chi connectivity index (χ4n) is 3.53. The molecule has 0 saturated carbocycles. The normalized spacial score (nSPS) is 26.9. The van der Waals surface area contributed by atoms with E-state index in [-0.39, 0.29) is 6.10 Å². The van der Waals surface area contributed by atoms with Gasteiger partial charge >= 0.3 is 0 Å². The zero-order valence-corrected chi connectivity index (χ0v) is 14.6. The highest BCUT2D eigenvalue weighted by molar-refractivity contribution is 6.18. The molecule has 1 aliphatic heterocycles. The standard InChI is InChI=1S/C16H34ClN2O2/c1-3-7-18(12-15(20)11-17)8-5-6-10-19(9-4-2)13-16(21)14-19/h15-16,20-21H,3-14H2,1-2H3/q+1. The molecule has 0 aromatic rings. The van der Waals surface area contributed by atoms with Crippen molar-refractivity contribution in [3.05, 3.63) is 0 Å². The molecule has 0 aliphatic carbocycles. The Labute approximate surface area is 135 Å². The number of likely N-dealkylation sites (tertiary alicyclic amines) is 1. The summed E-state index contributed by atoms with van der Waals surface area (Å²) in [6.07, 6.45) is 4.17. The summed E-state index contributed by atoms with van der Waals surface area (Å²) in [5.41, 5.74) is 0. The first-order valence-corrected chi connectivity index (χ1v) is 9.08. The van der Waals surface area contributed by atoms with Crippen molar-refractivity contribution in [2.75, 3.05) is 51.7 Å². The number of hydrogen-bond acceptors (Lipinski definition) is 3. The molecule has 5 heteroatoms. The molecule has 1 heterocycles. The van der Waals surface area contributed by atoms with Gasteiger partial charge < -0.3 is 19.6 Å². The van der Waals surface area contributed by atoms with E-state index in [9.17, 15) is 10.2 Å². The number of halogens is 1. The van der Waals surface area contributed by atoms with Gasteiger partial charge in [-0.15, -0.1) is 11.6 Å². The molecule has 0 radical (unpaired) electrons. The summed E-state index contributed by atoms with van der Waals surface area (Å²) in [6.45, 7) is 11.4. The molecule has 1 saturated heterocycles. The molecular weight excluding hydrogens is 288 g/mol. The Bertz CT molecular complexity index is 267. The van der Waals surface area contributed by atoms with E-state index in [1.165, 1.54) is 25.9 Å². The number of nitrogens with zero attached hydrogens (tertiary/aromatic N) is 2. The first-order chi connectivity index (χ1) is 10.0. The van der Waals surface area contributed by atoms with Crippen molar-refractivity contribution in [2.24, 2.45) is 0 Å². The lowest BCUT2D eigenvalue weighted by atomic mass is 10.0. The number of aliphatic hydroxyl groups is 2. The van der Waals surface area contributed by atoms with Crippen molar-refractivity contribution >= 4 is 11.6 Å². The van der Waals surface area contributed by atoms with Gasteiger partial charge in [0.05, 0.1) is 19.2 Å². The van der Waals surface area contributed by atoms with Crippen LogP contribution < -0.4 is 0 Å². The largest absolute Gasteiger partial charge is 0.391 e. The molecular formula is C16H34ClN2O2+. The highest BCUT2D eigenvalue weighted by Gasteiger charge is 2.41. The molecule has 0 aromatic heterocycles. The van der Waals surface area contributed by atoms with Crippen molar-refractivity contribution in [1.82, 2.24) is 4.90 Å². The number of alkyl halides is 1. The lowest BCUT2D eigenvalue weighted by Crippen LogP contribution is -2.66. The first kappa shape index (κ1) is 19.2. The summed E-state index contributed by atoms with van der Waals surface area (Å²) in [5, 5.41) is 19.3. The van der Waals surface area contributed by atoms with Gasteiger partial charge in [-0.3, -0.25) is 0 Å². The van der Waals surface area contributed by atoms with Crippen molar-refractivity contribution in [2.45, 2.75) is 51.7 Å². The van der Waals surface area contributed by atoms with Crippen LogP contribution in [0.5, 0.6) is 0 Å². The Hall–Kier alpha value is 0.130. The van der Waals surface area contributed by atoms with Gasteiger partial charge in [-0.25, -0.2) is 0 Å². The first-order valence-electron chi connectivity index (χ1n) is 8.54. The summed E-state index contributed by atoms with van der Waals surface area (Å²) in [4.78, 5) is 2.32. The van der Waals surface area contributed by atoms with Crippen molar-refractivity contribution in [1.29, 1.82) is 0 Å². The van der Waals surface area contributed by atoms with Gasteiger partial charge in [0.2, 0.25) is 0 Å². The van der Waals surface area contributed by atoms with Crippen LogP contribution in [0.4, 0.5) is 0 Å². The zero-order valence-electron chi connectivity index (χ0n) is 13.8. The molecule has 1 aliphatic rings. The van der Waals surface area contributed by atoms with Gasteiger partial charge in [0.15, 0.2) is 6.10 Å². The number of unbranched alkanes of at least 4 members (excludes halogenated alkanes) is 1. The molecule has 0 bridgehead atoms. The number of quaternary nitrogens is 1. The Morgan fingerprint density at radius 2 is 1.86 bits per heavy atom. The maximum absolute atomic E-state index is 9.68. The van der Waals surface area contributed by atoms with Crippen molar-refractivity contribution in [3.63, 3.8) is 0 Å². The fraction of sp³-hybridized carbons (Fsp3) is 1.00. The number of hydrogen-bond donors (Lipinski definition) is 2. The van der Waals surface area contributed by atoms with Crippen molar-refractivity contribution < 1.29 is 14.7 Å². The smallest absolute Gasteiger partial charge is 0.152 e. The quantitative estimate of drug-likeness (QED) is 0.326. The SMILES string of the molecule is CCCN(CCCC[N+]1(CCC)CC(O)C1)CC(O)CCl. The molecule has 1 atom stereocenters. The highest BCUT2D eigenvalue weighted by atomic mass is 35.5. The molecule has 126 valence electrons. The van der Waals surface area contributed by atoms with E-state index in [0.717, 1.165) is 43.5 Å². The topological polar surface area (TPSA) is 43.7 Å². The predicted octanol–water partition coefficient (Wildman–Crippen LogP) is 1.68. The van der Waals surface area contributed by atoms with Gasteiger partial charge in [-0.05, 0) is 38.8 Å². The summed E-state index contributed by atoms with van der Waals surface area (Å²) in [6, 6.07) is 0. The minimum Gasteiger partial charge on any atom is -0.391 e. The molecule has 4 nitrogen and oxygen atoms in total. The van der Waals surface area contributed by atoms with Gasteiger partial charge in [0.1, 0.15) is 13.1 Å².